The van der Waals surface area contributed by atoms with Crippen LogP contribution in [0.25, 0.3) is 0 Å². The van der Waals surface area contributed by atoms with Crippen molar-refractivity contribution in [3.63, 3.8) is 0 Å². The lowest BCUT2D eigenvalue weighted by Gasteiger charge is -2.01. The Morgan fingerprint density at radius 1 is 1.60 bits per heavy atom. The predicted molar refractivity (Wildman–Crippen MR) is 74.0 cm³/mol. The fraction of sp³-hybridized carbons (Fsp3) is 0.143. The molecule has 0 unspecified atom stereocenters. The van der Waals surface area contributed by atoms with Gasteiger partial charge in [0, 0.05) is 39.2 Å². The molecule has 1 rings (SSSR count). The molecule has 0 saturated carbocycles. The van der Waals surface area contributed by atoms with Crippen LogP contribution in [0.15, 0.2) is 22.7 Å². The van der Waals surface area contributed by atoms with Gasteiger partial charge in [0.05, 0.1) is 5.71 Å². The molecule has 15 heavy (non-hydrogen) atoms. The number of nitrogens with zero attached hydrogens (tertiary/aromatic N) is 3. The molecule has 0 aromatic carbocycles. The topological polar surface area (TPSA) is 76.2 Å². The maximum absolute atomic E-state index is 5.24. The maximum Gasteiger partial charge on any atom is 0.197 e. The largest absolute Gasteiger partial charge is 0.375 e. The summed E-state index contributed by atoms with van der Waals surface area (Å²) < 4.78 is 0. The summed E-state index contributed by atoms with van der Waals surface area (Å²) in [6.45, 7) is 1.82. The number of halogens is 1. The van der Waals surface area contributed by atoms with Crippen LogP contribution in [-0.2, 0) is 0 Å². The van der Waals surface area contributed by atoms with Crippen LogP contribution >= 0.6 is 42.4 Å². The Kier molecular flexibility index (Phi) is 5.19. The fourth-order valence-corrected chi connectivity index (χ4v) is 1.66. The monoisotopic (exact) mass is 353 g/mol. The molecule has 0 radical (unpaired) electrons. The Balaban J connectivity index is 2.77. The van der Waals surface area contributed by atoms with E-state index in [1.54, 1.807) is 12.4 Å². The molecule has 0 aliphatic heterocycles. The first-order valence-corrected chi connectivity index (χ1v) is 7.61. The molecule has 1 aromatic rings. The van der Waals surface area contributed by atoms with E-state index in [4.69, 9.17) is 5.73 Å². The zero-order valence-electron chi connectivity index (χ0n) is 7.77. The molecule has 3 N–H and O–H groups in total. The van der Waals surface area contributed by atoms with Gasteiger partial charge in [-0.1, -0.05) is 0 Å². The zero-order valence-corrected chi connectivity index (χ0v) is 11.6. The van der Waals surface area contributed by atoms with Crippen LogP contribution < -0.4 is 11.2 Å². The van der Waals surface area contributed by atoms with E-state index in [1.807, 2.05) is 6.92 Å². The van der Waals surface area contributed by atoms with Crippen molar-refractivity contribution in [2.24, 2.45) is 10.8 Å². The molecule has 0 atom stereocenters. The van der Waals surface area contributed by atoms with Crippen LogP contribution in [0.5, 0.6) is 0 Å². The fourth-order valence-electron chi connectivity index (χ4n) is 0.746. The van der Waals surface area contributed by atoms with Gasteiger partial charge in [0.2, 0.25) is 0 Å². The molecular weight excluding hydrogens is 345 g/mol. The quantitative estimate of drug-likeness (QED) is 0.282. The first-order chi connectivity index (χ1) is 7.13. The van der Waals surface area contributed by atoms with Crippen LogP contribution in [0.4, 0.5) is 0 Å². The summed E-state index contributed by atoms with van der Waals surface area (Å²) in [5.41, 5.74) is 9.31. The summed E-state index contributed by atoms with van der Waals surface area (Å²) >= 11 is 6.75. The molecule has 0 spiro atoms. The van der Waals surface area contributed by atoms with Crippen molar-refractivity contribution in [1.29, 1.82) is 0 Å². The van der Waals surface area contributed by atoms with Crippen LogP contribution in [-0.4, -0.2) is 20.8 Å². The van der Waals surface area contributed by atoms with Crippen molar-refractivity contribution < 1.29 is 0 Å². The summed E-state index contributed by atoms with van der Waals surface area (Å²) in [6, 6.07) is 0. The summed E-state index contributed by atoms with van der Waals surface area (Å²) in [7, 11) is 1.46. The SMILES string of the molecule is C/C(=N\NC(N)=S)c1cnc(SI)nc1. The number of hydrogen-bond acceptors (Lipinski definition) is 5. The Labute approximate surface area is 109 Å². The lowest BCUT2D eigenvalue weighted by Crippen LogP contribution is -2.25. The van der Waals surface area contributed by atoms with Crippen LogP contribution in [0.1, 0.15) is 12.5 Å². The molecule has 0 amide bonds. The Hall–Kier alpha value is -0.480. The van der Waals surface area contributed by atoms with Crippen molar-refractivity contribution in [3.05, 3.63) is 18.0 Å². The molecule has 0 aliphatic carbocycles. The van der Waals surface area contributed by atoms with Gasteiger partial charge in [-0.3, -0.25) is 5.43 Å². The van der Waals surface area contributed by atoms with E-state index in [9.17, 15) is 0 Å². The Morgan fingerprint density at radius 3 is 2.67 bits per heavy atom. The van der Waals surface area contributed by atoms with E-state index in [2.05, 4.69) is 53.9 Å². The lowest BCUT2D eigenvalue weighted by molar-refractivity contribution is 0.963. The second-order valence-corrected chi connectivity index (χ2v) is 4.79. The number of nitrogens with one attached hydrogen (secondary N) is 1. The van der Waals surface area contributed by atoms with E-state index in [0.717, 1.165) is 16.4 Å². The smallest absolute Gasteiger partial charge is 0.197 e. The highest BCUT2D eigenvalue weighted by Crippen LogP contribution is 2.19. The highest BCUT2D eigenvalue weighted by atomic mass is 127. The van der Waals surface area contributed by atoms with Crippen molar-refractivity contribution >= 4 is 53.2 Å². The van der Waals surface area contributed by atoms with Gasteiger partial charge in [0.15, 0.2) is 10.3 Å². The molecule has 0 fully saturated rings. The van der Waals surface area contributed by atoms with Gasteiger partial charge in [-0.25, -0.2) is 9.97 Å². The lowest BCUT2D eigenvalue weighted by atomic mass is 10.2. The van der Waals surface area contributed by atoms with E-state index >= 15 is 0 Å². The van der Waals surface area contributed by atoms with Gasteiger partial charge in [0.1, 0.15) is 0 Å². The van der Waals surface area contributed by atoms with E-state index in [-0.39, 0.29) is 5.11 Å². The molecular formula is C7H8IN5S2. The molecule has 0 bridgehead atoms. The van der Waals surface area contributed by atoms with Crippen molar-refractivity contribution in [2.75, 3.05) is 0 Å². The number of hydrazone groups is 1. The van der Waals surface area contributed by atoms with Crippen molar-refractivity contribution in [1.82, 2.24) is 15.4 Å². The number of aromatic nitrogens is 2. The molecule has 0 aliphatic rings. The minimum Gasteiger partial charge on any atom is -0.375 e. The number of hydrogen-bond donors (Lipinski definition) is 2. The van der Waals surface area contributed by atoms with E-state index < -0.39 is 0 Å². The average molecular weight is 353 g/mol. The van der Waals surface area contributed by atoms with E-state index in [0.29, 0.717) is 0 Å². The molecule has 1 aromatic heterocycles. The van der Waals surface area contributed by atoms with Gasteiger partial charge in [-0.15, -0.1) is 0 Å². The first-order valence-electron chi connectivity index (χ1n) is 3.84. The summed E-state index contributed by atoms with van der Waals surface area (Å²) in [5, 5.41) is 4.81. The third kappa shape index (κ3) is 4.26. The molecule has 5 nitrogen and oxygen atoms in total. The van der Waals surface area contributed by atoms with Gasteiger partial charge in [-0.2, -0.15) is 5.10 Å². The van der Waals surface area contributed by atoms with Gasteiger partial charge >= 0.3 is 0 Å². The van der Waals surface area contributed by atoms with Gasteiger partial charge in [0.25, 0.3) is 0 Å². The summed E-state index contributed by atoms with van der Waals surface area (Å²) in [6.07, 6.45) is 3.40. The summed E-state index contributed by atoms with van der Waals surface area (Å²) in [4.78, 5) is 8.23. The Bertz CT molecular complexity index is 377. The second kappa shape index (κ2) is 6.18. The first kappa shape index (κ1) is 12.6. The number of nitrogens with two attached hydrogens (primary N) is 1. The minimum absolute atomic E-state index is 0.134. The maximum atomic E-state index is 5.24. The van der Waals surface area contributed by atoms with Crippen LogP contribution in [0.3, 0.4) is 0 Å². The Morgan fingerprint density at radius 2 is 2.20 bits per heavy atom. The van der Waals surface area contributed by atoms with Gasteiger partial charge < -0.3 is 5.73 Å². The average Bonchev–Trinajstić information content (AvgIpc) is 2.26. The molecule has 1 heterocycles. The third-order valence-electron chi connectivity index (χ3n) is 1.45. The van der Waals surface area contributed by atoms with Crippen molar-refractivity contribution in [2.45, 2.75) is 12.1 Å². The normalized spacial score (nSPS) is 11.2. The standard InChI is InChI=1S/C7H8IN5S2/c1-4(12-13-6(9)14)5-2-10-7(15-8)11-3-5/h2-3H,1H3,(H3,9,13,14)/b12-4+. The molecule has 8 heteroatoms. The van der Waals surface area contributed by atoms with Crippen LogP contribution in [0.2, 0.25) is 0 Å². The third-order valence-corrected chi connectivity index (χ3v) is 3.07. The second-order valence-electron chi connectivity index (χ2n) is 2.50. The summed E-state index contributed by atoms with van der Waals surface area (Å²) in [5.74, 6) is 0. The van der Waals surface area contributed by atoms with Crippen molar-refractivity contribution in [3.8, 4) is 0 Å². The zero-order chi connectivity index (χ0) is 11.3. The number of thiocarbonyl (C=S) groups is 1. The minimum atomic E-state index is 0.134. The number of rotatable bonds is 3. The predicted octanol–water partition coefficient (Wildman–Crippen LogP) is 1.48. The molecule has 0 saturated heterocycles. The highest BCUT2D eigenvalue weighted by molar-refractivity contribution is 14.2. The van der Waals surface area contributed by atoms with E-state index in [1.165, 1.54) is 8.93 Å². The highest BCUT2D eigenvalue weighted by Gasteiger charge is 2.00. The van der Waals surface area contributed by atoms with Crippen LogP contribution in [0, 0.1) is 0 Å². The molecule has 80 valence electrons. The van der Waals surface area contributed by atoms with Gasteiger partial charge in [-0.05, 0) is 28.1 Å².